The Morgan fingerprint density at radius 2 is 1.00 bits per heavy atom. The van der Waals surface area contributed by atoms with Gasteiger partial charge in [-0.2, -0.15) is 0 Å². The first-order valence-electron chi connectivity index (χ1n) is 4.73. The molecule has 0 aromatic heterocycles. The van der Waals surface area contributed by atoms with E-state index in [0.29, 0.717) is 0 Å². The van der Waals surface area contributed by atoms with Gasteiger partial charge in [-0.3, -0.25) is 4.74 Å². The normalized spacial score (nSPS) is 12.8. The van der Waals surface area contributed by atoms with Gasteiger partial charge in [-0.15, -0.1) is 0 Å². The summed E-state index contributed by atoms with van der Waals surface area (Å²) in [6.45, 7) is -1.38. The fourth-order valence-electron chi connectivity index (χ4n) is 0.845. The predicted octanol–water partition coefficient (Wildman–Crippen LogP) is 3.16. The van der Waals surface area contributed by atoms with Gasteiger partial charge in [-0.25, -0.2) is 19.2 Å². The minimum Gasteiger partial charge on any atom is -0.447 e. The molecule has 0 aromatic carbocycles. The summed E-state index contributed by atoms with van der Waals surface area (Å²) in [4.78, 5) is 42.1. The molecular formula is C8H6Cl4O9. The minimum absolute atomic E-state index is 0.689. The van der Waals surface area contributed by atoms with Crippen molar-refractivity contribution >= 4 is 68.1 Å². The lowest BCUT2D eigenvalue weighted by Gasteiger charge is -2.22. The highest BCUT2D eigenvalue weighted by Gasteiger charge is 2.25. The van der Waals surface area contributed by atoms with Gasteiger partial charge in [0.15, 0.2) is 13.2 Å². The zero-order valence-electron chi connectivity index (χ0n) is 9.76. The van der Waals surface area contributed by atoms with Crippen LogP contribution in [0.3, 0.4) is 0 Å². The van der Waals surface area contributed by atoms with Crippen molar-refractivity contribution < 1.29 is 42.9 Å². The summed E-state index contributed by atoms with van der Waals surface area (Å²) in [6, 6.07) is 0. The Hall–Kier alpha value is -1.000. The van der Waals surface area contributed by atoms with Crippen molar-refractivity contribution in [3.05, 3.63) is 0 Å². The first kappa shape index (κ1) is 20.0. The molecule has 0 aliphatic heterocycles. The Balaban J connectivity index is 4.65. The van der Waals surface area contributed by atoms with Crippen molar-refractivity contribution in [2.24, 2.45) is 0 Å². The second-order valence-corrected chi connectivity index (χ2v) is 4.04. The third-order valence-corrected chi connectivity index (χ3v) is 1.81. The van der Waals surface area contributed by atoms with Gasteiger partial charge >= 0.3 is 21.7 Å². The largest absolute Gasteiger partial charge is 0.447 e. The van der Waals surface area contributed by atoms with Gasteiger partial charge in [0.1, 0.15) is 0 Å². The van der Waals surface area contributed by atoms with Crippen LogP contribution in [0.4, 0.5) is 19.2 Å². The van der Waals surface area contributed by atoms with Crippen LogP contribution >= 0.6 is 46.4 Å². The SMILES string of the molecule is O=C(Cl)OCC(OC(=O)Cl)OC(COC(=O)Cl)OC(=O)Cl. The summed E-state index contributed by atoms with van der Waals surface area (Å²) in [5, 5.41) is 0. The number of carbonyl (C=O) groups excluding carboxylic acids is 4. The number of halogens is 4. The van der Waals surface area contributed by atoms with Crippen LogP contribution in [0, 0.1) is 0 Å². The molecule has 2 unspecified atom stereocenters. The van der Waals surface area contributed by atoms with Crippen LogP contribution in [-0.4, -0.2) is 47.5 Å². The molecule has 0 heterocycles. The van der Waals surface area contributed by atoms with E-state index in [0.717, 1.165) is 0 Å². The molecular weight excluding hydrogens is 382 g/mol. The minimum atomic E-state index is -1.62. The molecule has 0 aromatic rings. The zero-order chi connectivity index (χ0) is 16.4. The van der Waals surface area contributed by atoms with Crippen molar-refractivity contribution in [1.29, 1.82) is 0 Å². The van der Waals surface area contributed by atoms with E-state index >= 15 is 0 Å². The quantitative estimate of drug-likeness (QED) is 0.351. The number of rotatable bonds is 8. The van der Waals surface area contributed by atoms with E-state index in [2.05, 4.69) is 18.9 Å². The summed E-state index contributed by atoms with van der Waals surface area (Å²) < 4.78 is 22.2. The third kappa shape index (κ3) is 12.5. The summed E-state index contributed by atoms with van der Waals surface area (Å²) in [6.07, 6.45) is -3.24. The van der Waals surface area contributed by atoms with E-state index < -0.39 is 47.5 Å². The van der Waals surface area contributed by atoms with Crippen LogP contribution in [-0.2, 0) is 23.7 Å². The smallest absolute Gasteiger partial charge is 0.406 e. The predicted molar refractivity (Wildman–Crippen MR) is 67.7 cm³/mol. The second-order valence-electron chi connectivity index (χ2n) is 2.80. The third-order valence-electron chi connectivity index (χ3n) is 1.42. The standard InChI is InChI=1S/C8H6Cl4O9/c9-5(13)17-1-3(20-7(11)15)19-4(21-8(12)16)2-18-6(10)14/h3-4H,1-2H2. The maximum Gasteiger partial charge on any atom is 0.406 e. The molecule has 0 radical (unpaired) electrons. The Labute approximate surface area is 137 Å². The van der Waals surface area contributed by atoms with Crippen LogP contribution < -0.4 is 0 Å². The molecule has 0 spiro atoms. The molecule has 0 fully saturated rings. The van der Waals surface area contributed by atoms with Crippen LogP contribution in [0.15, 0.2) is 0 Å². The lowest BCUT2D eigenvalue weighted by molar-refractivity contribution is -0.221. The van der Waals surface area contributed by atoms with Crippen molar-refractivity contribution in [2.75, 3.05) is 13.2 Å². The molecule has 0 amide bonds. The monoisotopic (exact) mass is 386 g/mol. The average Bonchev–Trinajstić information content (AvgIpc) is 2.31. The maximum atomic E-state index is 10.6. The summed E-state index contributed by atoms with van der Waals surface area (Å²) in [5.74, 6) is 0. The number of hydrogen-bond acceptors (Lipinski definition) is 9. The molecule has 0 aliphatic carbocycles. The first-order valence-corrected chi connectivity index (χ1v) is 6.24. The molecule has 0 saturated carbocycles. The second kappa shape index (κ2) is 10.7. The molecule has 9 nitrogen and oxygen atoms in total. The molecule has 13 heteroatoms. The molecule has 2 atom stereocenters. The van der Waals surface area contributed by atoms with Crippen LogP contribution in [0.25, 0.3) is 0 Å². The van der Waals surface area contributed by atoms with Crippen molar-refractivity contribution in [3.8, 4) is 0 Å². The number of carbonyl (C=O) groups is 4. The van der Waals surface area contributed by atoms with E-state index in [1.165, 1.54) is 0 Å². The Morgan fingerprint density at radius 3 is 1.24 bits per heavy atom. The summed E-state index contributed by atoms with van der Waals surface area (Å²) >= 11 is 19.7. The van der Waals surface area contributed by atoms with Crippen molar-refractivity contribution in [2.45, 2.75) is 12.6 Å². The van der Waals surface area contributed by atoms with Crippen molar-refractivity contribution in [3.63, 3.8) is 0 Å². The molecule has 0 bridgehead atoms. The van der Waals surface area contributed by atoms with Gasteiger partial charge in [0.05, 0.1) is 0 Å². The van der Waals surface area contributed by atoms with Gasteiger partial charge in [0, 0.05) is 46.4 Å². The fraction of sp³-hybridized carbons (Fsp3) is 0.500. The van der Waals surface area contributed by atoms with Crippen LogP contribution in [0.1, 0.15) is 0 Å². The van der Waals surface area contributed by atoms with Crippen LogP contribution in [0.5, 0.6) is 0 Å². The van der Waals surface area contributed by atoms with Gasteiger partial charge in [0.2, 0.25) is 12.6 Å². The first-order chi connectivity index (χ1) is 9.70. The van der Waals surface area contributed by atoms with Gasteiger partial charge < -0.3 is 18.9 Å². The van der Waals surface area contributed by atoms with Gasteiger partial charge in [-0.05, 0) is 0 Å². The Morgan fingerprint density at radius 1 is 0.667 bits per heavy atom. The molecule has 21 heavy (non-hydrogen) atoms. The lowest BCUT2D eigenvalue weighted by Crippen LogP contribution is -2.35. The van der Waals surface area contributed by atoms with Crippen LogP contribution in [0.2, 0.25) is 0 Å². The fourth-order valence-corrected chi connectivity index (χ4v) is 1.17. The van der Waals surface area contributed by atoms with E-state index in [9.17, 15) is 19.2 Å². The van der Waals surface area contributed by atoms with E-state index in [4.69, 9.17) is 51.1 Å². The van der Waals surface area contributed by atoms with E-state index in [-0.39, 0.29) is 0 Å². The lowest BCUT2D eigenvalue weighted by atomic mass is 10.6. The molecule has 0 aliphatic rings. The Kier molecular flexibility index (Phi) is 10.2. The molecule has 120 valence electrons. The van der Waals surface area contributed by atoms with Gasteiger partial charge in [0.25, 0.3) is 0 Å². The molecule has 0 saturated heterocycles. The highest BCUT2D eigenvalue weighted by Crippen LogP contribution is 2.09. The zero-order valence-corrected chi connectivity index (χ0v) is 12.8. The average molecular weight is 388 g/mol. The molecule has 0 rings (SSSR count). The highest BCUT2D eigenvalue weighted by atomic mass is 35.5. The summed E-state index contributed by atoms with van der Waals surface area (Å²) in [7, 11) is 0. The Bertz CT molecular complexity index is 365. The van der Waals surface area contributed by atoms with Crippen molar-refractivity contribution in [1.82, 2.24) is 0 Å². The topological polar surface area (TPSA) is 114 Å². The number of hydrogen-bond donors (Lipinski definition) is 0. The molecule has 0 N–H and O–H groups in total. The highest BCUT2D eigenvalue weighted by molar-refractivity contribution is 6.62. The van der Waals surface area contributed by atoms with E-state index in [1.807, 2.05) is 0 Å². The maximum absolute atomic E-state index is 10.6. The summed E-state index contributed by atoms with van der Waals surface area (Å²) in [5.41, 5.74) is -5.11. The number of ether oxygens (including phenoxy) is 5. The van der Waals surface area contributed by atoms with E-state index in [1.54, 1.807) is 0 Å². The van der Waals surface area contributed by atoms with Gasteiger partial charge in [-0.1, -0.05) is 0 Å².